The zero-order valence-corrected chi connectivity index (χ0v) is 29.2. The predicted molar refractivity (Wildman–Crippen MR) is 186 cm³/mol. The van der Waals surface area contributed by atoms with E-state index in [4.69, 9.17) is 9.47 Å². The van der Waals surface area contributed by atoms with Crippen LogP contribution in [-0.4, -0.2) is 96.2 Å². The molecule has 4 amide bonds. The van der Waals surface area contributed by atoms with Gasteiger partial charge in [-0.25, -0.2) is 18.2 Å². The number of allylic oxidation sites excluding steroid dienone is 1. The number of nitrogens with one attached hydrogen (secondary N) is 2. The number of amides is 4. The number of rotatable bonds is 7. The fourth-order valence-electron chi connectivity index (χ4n) is 7.13. The lowest BCUT2D eigenvalue weighted by molar-refractivity contribution is -0.131. The molecule has 50 heavy (non-hydrogen) atoms. The van der Waals surface area contributed by atoms with Gasteiger partial charge in [0.15, 0.2) is 0 Å². The molecular formula is C36H42N6O7S. The van der Waals surface area contributed by atoms with Crippen molar-refractivity contribution in [3.63, 3.8) is 0 Å². The third kappa shape index (κ3) is 6.36. The summed E-state index contributed by atoms with van der Waals surface area (Å²) >= 11 is 0. The largest absolute Gasteiger partial charge is 0.496 e. The molecule has 0 bridgehead atoms. The first-order valence-corrected chi connectivity index (χ1v) is 18.7. The predicted octanol–water partition coefficient (Wildman–Crippen LogP) is 3.71. The first kappa shape index (κ1) is 33.8. The lowest BCUT2D eigenvalue weighted by Gasteiger charge is -2.30. The Labute approximate surface area is 291 Å². The Morgan fingerprint density at radius 3 is 2.68 bits per heavy atom. The number of carbonyl (C=O) groups excluding carboxylic acids is 3. The van der Waals surface area contributed by atoms with Crippen LogP contribution in [0, 0.1) is 12.8 Å². The highest BCUT2D eigenvalue weighted by Crippen LogP contribution is 2.46. The molecule has 2 saturated carbocycles. The summed E-state index contributed by atoms with van der Waals surface area (Å²) in [4.78, 5) is 53.5. The number of sulfonamides is 1. The summed E-state index contributed by atoms with van der Waals surface area (Å²) in [6.07, 6.45) is 12.2. The minimum absolute atomic E-state index is 0.114. The number of fused-ring (bicyclic) bond motifs is 3. The molecule has 13 nitrogen and oxygen atoms in total. The molecule has 1 saturated heterocycles. The van der Waals surface area contributed by atoms with Crippen LogP contribution >= 0.6 is 0 Å². The van der Waals surface area contributed by atoms with Crippen LogP contribution in [0.1, 0.15) is 50.5 Å². The van der Waals surface area contributed by atoms with Gasteiger partial charge in [0, 0.05) is 66.4 Å². The van der Waals surface area contributed by atoms with E-state index in [2.05, 4.69) is 20.0 Å². The fraction of sp³-hybridized carbons (Fsp3) is 0.472. The number of ether oxygens (including phenoxy) is 2. The lowest BCUT2D eigenvalue weighted by Crippen LogP contribution is -2.57. The summed E-state index contributed by atoms with van der Waals surface area (Å²) in [5.41, 5.74) is 1.36. The van der Waals surface area contributed by atoms with E-state index in [0.29, 0.717) is 31.0 Å². The van der Waals surface area contributed by atoms with Gasteiger partial charge in [0.05, 0.1) is 18.9 Å². The van der Waals surface area contributed by atoms with Crippen LogP contribution in [0.15, 0.2) is 55.0 Å². The fourth-order valence-corrected chi connectivity index (χ4v) is 8.49. The molecule has 0 radical (unpaired) electrons. The smallest absolute Gasteiger partial charge is 0.320 e. The Bertz CT molecular complexity index is 1980. The van der Waals surface area contributed by atoms with E-state index in [9.17, 15) is 22.8 Å². The number of pyridine rings is 2. The molecule has 3 fully saturated rings. The average molecular weight is 703 g/mol. The molecule has 2 aliphatic carbocycles. The van der Waals surface area contributed by atoms with Crippen molar-refractivity contribution in [2.24, 2.45) is 5.92 Å². The second kappa shape index (κ2) is 13.2. The van der Waals surface area contributed by atoms with Gasteiger partial charge in [-0.2, -0.15) is 0 Å². The van der Waals surface area contributed by atoms with Gasteiger partial charge >= 0.3 is 6.03 Å². The number of hydrogen-bond donors (Lipinski definition) is 2. The maximum atomic E-state index is 14.1. The van der Waals surface area contributed by atoms with Crippen molar-refractivity contribution in [1.82, 2.24) is 29.8 Å². The summed E-state index contributed by atoms with van der Waals surface area (Å²) in [5.74, 6) is -0.619. The van der Waals surface area contributed by atoms with Crippen molar-refractivity contribution in [3.05, 3.63) is 60.6 Å². The second-order valence-electron chi connectivity index (χ2n) is 13.8. The monoisotopic (exact) mass is 702 g/mol. The average Bonchev–Trinajstić information content (AvgIpc) is 4.02. The second-order valence-corrected chi connectivity index (χ2v) is 15.7. The topological polar surface area (TPSA) is 160 Å². The molecule has 2 aromatic heterocycles. The first-order valence-electron chi connectivity index (χ1n) is 17.1. The molecular weight excluding hydrogens is 660 g/mol. The van der Waals surface area contributed by atoms with Crippen molar-refractivity contribution < 1.29 is 32.3 Å². The van der Waals surface area contributed by atoms with E-state index >= 15 is 0 Å². The van der Waals surface area contributed by atoms with Crippen LogP contribution in [0.25, 0.3) is 21.9 Å². The Kier molecular flexibility index (Phi) is 8.91. The van der Waals surface area contributed by atoms with Crippen LogP contribution in [0.5, 0.6) is 11.6 Å². The summed E-state index contributed by atoms with van der Waals surface area (Å²) in [5, 5.41) is 3.88. The summed E-state index contributed by atoms with van der Waals surface area (Å²) < 4.78 is 39.9. The number of aryl methyl sites for hydroxylation is 1. The number of urea groups is 1. The first-order chi connectivity index (χ1) is 24.0. The highest BCUT2D eigenvalue weighted by molar-refractivity contribution is 7.91. The van der Waals surface area contributed by atoms with Crippen LogP contribution in [0.4, 0.5) is 4.79 Å². The third-order valence-corrected chi connectivity index (χ3v) is 12.1. The van der Waals surface area contributed by atoms with Gasteiger partial charge in [0.25, 0.3) is 5.91 Å². The molecule has 4 heterocycles. The standard InChI is InChI=1S/C36H42N6O7S/c1-22-13-15-37-20-28(22)31-26-14-16-38-33(27(26)11-12-30(31)48-3)49-24-18-29-32(43)39-36(34(44)40-50(46,47)25-9-10-25)19-23(36)8-6-4-5-7-17-41(2)35(45)42(29)21-24/h6,8,11-16,20,23-25,29H,4-5,7,9-10,17-19,21H2,1-3H3,(H,39,43)(H,40,44)/b8-6-. The number of nitrogens with zero attached hydrogens (tertiary/aromatic N) is 4. The van der Waals surface area contributed by atoms with Crippen LogP contribution in [0.3, 0.4) is 0 Å². The van der Waals surface area contributed by atoms with Gasteiger partial charge < -0.3 is 24.6 Å². The van der Waals surface area contributed by atoms with Crippen LogP contribution in [-0.2, 0) is 19.6 Å². The van der Waals surface area contributed by atoms with Crippen molar-refractivity contribution in [2.45, 2.75) is 74.8 Å². The van der Waals surface area contributed by atoms with E-state index in [1.807, 2.05) is 43.3 Å². The highest BCUT2D eigenvalue weighted by atomic mass is 32.2. The number of benzene rings is 1. The molecule has 1 aromatic carbocycles. The van der Waals surface area contributed by atoms with Gasteiger partial charge in [-0.05, 0) is 75.3 Å². The lowest BCUT2D eigenvalue weighted by atomic mass is 9.96. The molecule has 4 unspecified atom stereocenters. The Balaban J connectivity index is 1.19. The van der Waals surface area contributed by atoms with E-state index < -0.39 is 44.8 Å². The van der Waals surface area contributed by atoms with Crippen LogP contribution < -0.4 is 19.5 Å². The number of carbonyl (C=O) groups is 3. The third-order valence-electron chi connectivity index (χ3n) is 10.3. The number of methoxy groups -OCH3 is 1. The molecule has 264 valence electrons. The molecule has 14 heteroatoms. The molecule has 0 spiro atoms. The Hall–Kier alpha value is -4.72. The molecule has 2 N–H and O–H groups in total. The van der Waals surface area contributed by atoms with E-state index in [0.717, 1.165) is 46.7 Å². The van der Waals surface area contributed by atoms with Gasteiger partial charge in [-0.15, -0.1) is 0 Å². The van der Waals surface area contributed by atoms with Crippen molar-refractivity contribution in [2.75, 3.05) is 27.2 Å². The Morgan fingerprint density at radius 1 is 1.10 bits per heavy atom. The zero-order valence-electron chi connectivity index (χ0n) is 28.4. The molecule has 2 aliphatic heterocycles. The molecule has 4 aliphatic rings. The maximum Gasteiger partial charge on any atom is 0.320 e. The quantitative estimate of drug-likeness (QED) is 0.350. The van der Waals surface area contributed by atoms with Crippen molar-refractivity contribution in [1.29, 1.82) is 0 Å². The normalized spacial score (nSPS) is 26.3. The minimum atomic E-state index is -3.83. The van der Waals surface area contributed by atoms with Gasteiger partial charge in [0.2, 0.25) is 21.8 Å². The molecule has 4 atom stereocenters. The van der Waals surface area contributed by atoms with Crippen LogP contribution in [0.2, 0.25) is 0 Å². The summed E-state index contributed by atoms with van der Waals surface area (Å²) in [6.45, 7) is 2.63. The zero-order chi connectivity index (χ0) is 35.2. The maximum absolute atomic E-state index is 14.1. The van der Waals surface area contributed by atoms with Gasteiger partial charge in [-0.3, -0.25) is 19.3 Å². The van der Waals surface area contributed by atoms with E-state index in [1.165, 1.54) is 4.90 Å². The highest BCUT2D eigenvalue weighted by Gasteiger charge is 2.62. The van der Waals surface area contributed by atoms with Crippen molar-refractivity contribution in [3.8, 4) is 22.8 Å². The van der Waals surface area contributed by atoms with Crippen molar-refractivity contribution >= 4 is 38.6 Å². The summed E-state index contributed by atoms with van der Waals surface area (Å²) in [6, 6.07) is 6.27. The molecule has 3 aromatic rings. The SMILES string of the molecule is COc1ccc2c(OC3CC4C(=O)NC5(C(=O)NS(=O)(=O)C6CC6)CC5/C=C\CCCCN(C)C(=O)N4C3)nccc2c1-c1cnccc1C. The number of hydrogen-bond acceptors (Lipinski definition) is 9. The summed E-state index contributed by atoms with van der Waals surface area (Å²) in [7, 11) is -0.504. The minimum Gasteiger partial charge on any atom is -0.496 e. The Morgan fingerprint density at radius 2 is 1.92 bits per heavy atom. The number of aromatic nitrogens is 2. The van der Waals surface area contributed by atoms with Gasteiger partial charge in [-0.1, -0.05) is 12.2 Å². The van der Waals surface area contributed by atoms with E-state index in [1.54, 1.807) is 37.6 Å². The van der Waals surface area contributed by atoms with E-state index in [-0.39, 0.29) is 31.3 Å². The molecule has 7 rings (SSSR count). The van der Waals surface area contributed by atoms with Gasteiger partial charge in [0.1, 0.15) is 23.4 Å².